The Hall–Kier alpha value is -1.88. The van der Waals surface area contributed by atoms with Gasteiger partial charge in [0.25, 0.3) is 0 Å². The summed E-state index contributed by atoms with van der Waals surface area (Å²) in [7, 11) is 0. The van der Waals surface area contributed by atoms with Gasteiger partial charge in [0.15, 0.2) is 6.29 Å². The summed E-state index contributed by atoms with van der Waals surface area (Å²) in [6, 6.07) is 5.40. The van der Waals surface area contributed by atoms with Gasteiger partial charge in [-0.15, -0.1) is 11.3 Å². The van der Waals surface area contributed by atoms with Crippen molar-refractivity contribution in [1.82, 2.24) is 4.57 Å². The minimum atomic E-state index is -0.539. The van der Waals surface area contributed by atoms with Crippen LogP contribution in [0.5, 0.6) is 0 Å². The van der Waals surface area contributed by atoms with E-state index in [0.29, 0.717) is 10.6 Å². The van der Waals surface area contributed by atoms with Gasteiger partial charge < -0.3 is 9.30 Å². The van der Waals surface area contributed by atoms with Gasteiger partial charge in [-0.25, -0.2) is 4.79 Å². The molecule has 0 amide bonds. The standard InChI is InChI=1S/C16H19NO3S/c1-5-11-9-12(10-18)21-14(11)17-8-6-7-13(17)15(19)20-16(2,3)4/h6-10H,5H2,1-4H3. The van der Waals surface area contributed by atoms with Crippen molar-refractivity contribution in [2.75, 3.05) is 0 Å². The number of aryl methyl sites for hydroxylation is 1. The number of aromatic nitrogens is 1. The molecular formula is C16H19NO3S. The predicted molar refractivity (Wildman–Crippen MR) is 83.6 cm³/mol. The quantitative estimate of drug-likeness (QED) is 0.636. The van der Waals surface area contributed by atoms with Crippen molar-refractivity contribution < 1.29 is 14.3 Å². The van der Waals surface area contributed by atoms with Crippen LogP contribution in [0.2, 0.25) is 0 Å². The summed E-state index contributed by atoms with van der Waals surface area (Å²) in [5.74, 6) is -0.365. The fourth-order valence-electron chi connectivity index (χ4n) is 2.01. The van der Waals surface area contributed by atoms with Crippen LogP contribution in [0.25, 0.3) is 5.00 Å². The molecule has 2 aromatic heterocycles. The van der Waals surface area contributed by atoms with Crippen molar-refractivity contribution in [2.45, 2.75) is 39.7 Å². The SMILES string of the molecule is CCc1cc(C=O)sc1-n1cccc1C(=O)OC(C)(C)C. The number of thiophene rings is 1. The molecule has 0 aliphatic rings. The van der Waals surface area contributed by atoms with Crippen molar-refractivity contribution in [3.63, 3.8) is 0 Å². The Kier molecular flexibility index (Phi) is 4.32. The van der Waals surface area contributed by atoms with Gasteiger partial charge in [-0.2, -0.15) is 0 Å². The first kappa shape index (κ1) is 15.5. The molecule has 0 spiro atoms. The molecule has 0 saturated carbocycles. The van der Waals surface area contributed by atoms with E-state index < -0.39 is 5.60 Å². The van der Waals surface area contributed by atoms with E-state index in [1.165, 1.54) is 11.3 Å². The highest BCUT2D eigenvalue weighted by atomic mass is 32.1. The number of nitrogens with zero attached hydrogens (tertiary/aromatic N) is 1. The third-order valence-corrected chi connectivity index (χ3v) is 3.98. The second-order valence-corrected chi connectivity index (χ2v) is 6.78. The molecule has 0 unspecified atom stereocenters. The van der Waals surface area contributed by atoms with Crippen molar-refractivity contribution >= 4 is 23.6 Å². The minimum absolute atomic E-state index is 0.365. The number of esters is 1. The lowest BCUT2D eigenvalue weighted by molar-refractivity contribution is 0.00607. The zero-order valence-corrected chi connectivity index (χ0v) is 13.5. The van der Waals surface area contributed by atoms with E-state index in [9.17, 15) is 9.59 Å². The molecular weight excluding hydrogens is 286 g/mol. The molecule has 112 valence electrons. The van der Waals surface area contributed by atoms with Gasteiger partial charge in [-0.05, 0) is 51.0 Å². The molecule has 5 heteroatoms. The van der Waals surface area contributed by atoms with E-state index in [1.54, 1.807) is 16.7 Å². The van der Waals surface area contributed by atoms with Crippen LogP contribution in [-0.2, 0) is 11.2 Å². The Labute approximate surface area is 128 Å². The Morgan fingerprint density at radius 2 is 2.14 bits per heavy atom. The highest BCUT2D eigenvalue weighted by molar-refractivity contribution is 7.16. The average Bonchev–Trinajstić information content (AvgIpc) is 3.02. The molecule has 0 N–H and O–H groups in total. The van der Waals surface area contributed by atoms with Crippen LogP contribution in [0.1, 0.15) is 53.4 Å². The van der Waals surface area contributed by atoms with Crippen LogP contribution in [-0.4, -0.2) is 22.4 Å². The lowest BCUT2D eigenvalue weighted by Gasteiger charge is -2.20. The van der Waals surface area contributed by atoms with Crippen LogP contribution in [0.15, 0.2) is 24.4 Å². The van der Waals surface area contributed by atoms with E-state index in [1.807, 2.05) is 40.0 Å². The summed E-state index contributed by atoms with van der Waals surface area (Å²) in [5.41, 5.74) is 0.977. The fourth-order valence-corrected chi connectivity index (χ4v) is 3.07. The molecule has 4 nitrogen and oxygen atoms in total. The predicted octanol–water partition coefficient (Wildman–Crippen LogP) is 3.87. The Bertz CT molecular complexity index is 661. The van der Waals surface area contributed by atoms with Crippen molar-refractivity contribution in [2.24, 2.45) is 0 Å². The van der Waals surface area contributed by atoms with Crippen LogP contribution in [0.4, 0.5) is 0 Å². The molecule has 0 aromatic carbocycles. The number of carbonyl (C=O) groups is 2. The zero-order chi connectivity index (χ0) is 15.6. The number of hydrogen-bond donors (Lipinski definition) is 0. The zero-order valence-electron chi connectivity index (χ0n) is 12.7. The molecule has 0 aliphatic carbocycles. The van der Waals surface area contributed by atoms with Crippen molar-refractivity contribution in [1.29, 1.82) is 0 Å². The third-order valence-electron chi connectivity index (χ3n) is 2.88. The molecule has 0 saturated heterocycles. The van der Waals surface area contributed by atoms with Crippen LogP contribution >= 0.6 is 11.3 Å². The van der Waals surface area contributed by atoms with Gasteiger partial charge in [-0.3, -0.25) is 4.79 Å². The number of ether oxygens (including phenoxy) is 1. The molecule has 2 heterocycles. The highest BCUT2D eigenvalue weighted by Gasteiger charge is 2.22. The maximum Gasteiger partial charge on any atom is 0.355 e. The van der Waals surface area contributed by atoms with Crippen molar-refractivity contribution in [3.8, 4) is 5.00 Å². The molecule has 0 fully saturated rings. The van der Waals surface area contributed by atoms with Gasteiger partial charge in [0, 0.05) is 6.20 Å². The normalized spacial score (nSPS) is 11.4. The first-order valence-corrected chi connectivity index (χ1v) is 7.66. The Morgan fingerprint density at radius 3 is 2.71 bits per heavy atom. The van der Waals surface area contributed by atoms with Crippen LogP contribution < -0.4 is 0 Å². The first-order valence-electron chi connectivity index (χ1n) is 6.84. The largest absolute Gasteiger partial charge is 0.455 e. The summed E-state index contributed by atoms with van der Waals surface area (Å²) in [6.45, 7) is 7.54. The summed E-state index contributed by atoms with van der Waals surface area (Å²) in [4.78, 5) is 23.9. The molecule has 2 aromatic rings. The summed E-state index contributed by atoms with van der Waals surface area (Å²) in [5, 5.41) is 0.894. The molecule has 21 heavy (non-hydrogen) atoms. The second kappa shape index (κ2) is 5.85. The maximum atomic E-state index is 12.3. The van der Waals surface area contributed by atoms with E-state index in [2.05, 4.69) is 0 Å². The topological polar surface area (TPSA) is 48.3 Å². The summed E-state index contributed by atoms with van der Waals surface area (Å²) < 4.78 is 7.22. The number of rotatable bonds is 4. The van der Waals surface area contributed by atoms with Gasteiger partial charge in [0.2, 0.25) is 0 Å². The Morgan fingerprint density at radius 1 is 1.43 bits per heavy atom. The van der Waals surface area contributed by atoms with E-state index in [4.69, 9.17) is 4.74 Å². The second-order valence-electron chi connectivity index (χ2n) is 5.72. The molecule has 0 radical (unpaired) electrons. The van der Waals surface area contributed by atoms with Gasteiger partial charge in [-0.1, -0.05) is 6.92 Å². The maximum absolute atomic E-state index is 12.3. The lowest BCUT2D eigenvalue weighted by Crippen LogP contribution is -2.25. The van der Waals surface area contributed by atoms with E-state index in [-0.39, 0.29) is 5.97 Å². The average molecular weight is 305 g/mol. The van der Waals surface area contributed by atoms with Gasteiger partial charge in [0.1, 0.15) is 16.3 Å². The highest BCUT2D eigenvalue weighted by Crippen LogP contribution is 2.28. The molecule has 0 bridgehead atoms. The summed E-state index contributed by atoms with van der Waals surface area (Å²) in [6.07, 6.45) is 3.45. The minimum Gasteiger partial charge on any atom is -0.455 e. The van der Waals surface area contributed by atoms with Gasteiger partial charge in [0.05, 0.1) is 4.88 Å². The summed E-state index contributed by atoms with van der Waals surface area (Å²) >= 11 is 1.38. The number of hydrogen-bond acceptors (Lipinski definition) is 4. The van der Waals surface area contributed by atoms with Gasteiger partial charge >= 0.3 is 5.97 Å². The van der Waals surface area contributed by atoms with Crippen molar-refractivity contribution in [3.05, 3.63) is 40.5 Å². The molecule has 0 aliphatic heterocycles. The lowest BCUT2D eigenvalue weighted by atomic mass is 10.2. The van der Waals surface area contributed by atoms with Crippen LogP contribution in [0.3, 0.4) is 0 Å². The number of aldehydes is 1. The smallest absolute Gasteiger partial charge is 0.355 e. The number of carbonyl (C=O) groups excluding carboxylic acids is 2. The monoisotopic (exact) mass is 305 g/mol. The van der Waals surface area contributed by atoms with E-state index in [0.717, 1.165) is 23.3 Å². The molecule has 0 atom stereocenters. The fraction of sp³-hybridized carbons (Fsp3) is 0.375. The first-order chi connectivity index (χ1) is 9.85. The molecule has 2 rings (SSSR count). The van der Waals surface area contributed by atoms with E-state index >= 15 is 0 Å². The Balaban J connectivity index is 2.43. The van der Waals surface area contributed by atoms with Crippen LogP contribution in [0, 0.1) is 0 Å². The third kappa shape index (κ3) is 3.42.